The van der Waals surface area contributed by atoms with Crippen LogP contribution in [0.3, 0.4) is 0 Å². The van der Waals surface area contributed by atoms with Crippen molar-refractivity contribution in [2.45, 2.75) is 57.7 Å². The van der Waals surface area contributed by atoms with E-state index in [1.54, 1.807) is 0 Å². The van der Waals surface area contributed by atoms with Gasteiger partial charge in [-0.25, -0.2) is 0 Å². The maximum Gasteiger partial charge on any atom is 0.163 e. The van der Waals surface area contributed by atoms with Crippen LogP contribution in [-0.4, -0.2) is 70.3 Å². The Morgan fingerprint density at radius 2 is 1.77 bits per heavy atom. The molecule has 2 saturated heterocycles. The first-order valence-corrected chi connectivity index (χ1v) is 8.29. The molecule has 6 nitrogen and oxygen atoms in total. The summed E-state index contributed by atoms with van der Waals surface area (Å²) in [6, 6.07) is 0. The lowest BCUT2D eigenvalue weighted by Crippen LogP contribution is -2.30. The van der Waals surface area contributed by atoms with Gasteiger partial charge >= 0.3 is 0 Å². The quantitative estimate of drug-likeness (QED) is 0.404. The van der Waals surface area contributed by atoms with Crippen molar-refractivity contribution in [2.75, 3.05) is 46.2 Å². The van der Waals surface area contributed by atoms with Crippen molar-refractivity contribution in [3.8, 4) is 0 Å². The highest BCUT2D eigenvalue weighted by Gasteiger charge is 2.32. The Balaban J connectivity index is 1.59. The summed E-state index contributed by atoms with van der Waals surface area (Å²) in [5.41, 5.74) is 0. The molecule has 2 aliphatic rings. The van der Waals surface area contributed by atoms with Crippen LogP contribution in [0.5, 0.6) is 0 Å². The fourth-order valence-electron chi connectivity index (χ4n) is 2.21. The van der Waals surface area contributed by atoms with Gasteiger partial charge in [0.25, 0.3) is 0 Å². The summed E-state index contributed by atoms with van der Waals surface area (Å²) in [5, 5.41) is 0. The van der Waals surface area contributed by atoms with E-state index in [-0.39, 0.29) is 18.3 Å². The molecule has 2 aliphatic heterocycles. The second kappa shape index (κ2) is 9.15. The predicted octanol–water partition coefficient (Wildman–Crippen LogP) is 1.76. The van der Waals surface area contributed by atoms with Gasteiger partial charge < -0.3 is 28.4 Å². The van der Waals surface area contributed by atoms with E-state index in [0.717, 1.165) is 26.1 Å². The van der Waals surface area contributed by atoms with Crippen LogP contribution < -0.4 is 0 Å². The van der Waals surface area contributed by atoms with E-state index in [0.29, 0.717) is 33.0 Å². The number of ether oxygens (including phenoxy) is 6. The first kappa shape index (κ1) is 18.1. The maximum absolute atomic E-state index is 5.83. The lowest BCUT2D eigenvalue weighted by atomic mass is 10.3. The highest BCUT2D eigenvalue weighted by atomic mass is 16.7. The Morgan fingerprint density at radius 3 is 2.32 bits per heavy atom. The molecular formula is C16H30O6. The molecule has 0 amide bonds. The van der Waals surface area contributed by atoms with Gasteiger partial charge in [0.05, 0.1) is 39.6 Å². The largest absolute Gasteiger partial charge is 0.376 e. The summed E-state index contributed by atoms with van der Waals surface area (Å²) in [5.74, 6) is -0.502. The van der Waals surface area contributed by atoms with Gasteiger partial charge in [0.15, 0.2) is 5.79 Å². The molecule has 0 aromatic carbocycles. The van der Waals surface area contributed by atoms with Gasteiger partial charge in [-0.15, -0.1) is 0 Å². The number of hydrogen-bond acceptors (Lipinski definition) is 6. The standard InChI is InChI=1S/C16H30O6/c1-4-5-6-19-13(7-17-9-14-11-20-14)8-18-10-15-12-21-16(2,3)22-15/h13-15H,4-12H2,1-3H3. The van der Waals surface area contributed by atoms with Crippen molar-refractivity contribution >= 4 is 0 Å². The van der Waals surface area contributed by atoms with Gasteiger partial charge in [0, 0.05) is 6.61 Å². The third-order valence-corrected chi connectivity index (χ3v) is 3.54. The van der Waals surface area contributed by atoms with E-state index in [2.05, 4.69) is 6.92 Å². The molecule has 130 valence electrons. The summed E-state index contributed by atoms with van der Waals surface area (Å²) < 4.78 is 33.5. The third kappa shape index (κ3) is 7.35. The Morgan fingerprint density at radius 1 is 1.09 bits per heavy atom. The Hall–Kier alpha value is -0.240. The lowest BCUT2D eigenvalue weighted by molar-refractivity contribution is -0.148. The topological polar surface area (TPSA) is 58.7 Å². The first-order valence-electron chi connectivity index (χ1n) is 8.29. The lowest BCUT2D eigenvalue weighted by Gasteiger charge is -2.20. The summed E-state index contributed by atoms with van der Waals surface area (Å²) in [4.78, 5) is 0. The molecule has 0 saturated carbocycles. The zero-order valence-electron chi connectivity index (χ0n) is 14.0. The van der Waals surface area contributed by atoms with E-state index in [1.807, 2.05) is 13.8 Å². The smallest absolute Gasteiger partial charge is 0.163 e. The molecule has 0 radical (unpaired) electrons. The fourth-order valence-corrected chi connectivity index (χ4v) is 2.21. The molecule has 6 heteroatoms. The normalized spacial score (nSPS) is 28.0. The minimum atomic E-state index is -0.502. The van der Waals surface area contributed by atoms with Gasteiger partial charge in [-0.1, -0.05) is 13.3 Å². The summed E-state index contributed by atoms with van der Waals surface area (Å²) in [6.45, 7) is 10.3. The molecule has 0 spiro atoms. The van der Waals surface area contributed by atoms with E-state index in [4.69, 9.17) is 28.4 Å². The van der Waals surface area contributed by atoms with Crippen LogP contribution in [-0.2, 0) is 28.4 Å². The average molecular weight is 318 g/mol. The summed E-state index contributed by atoms with van der Waals surface area (Å²) in [6.07, 6.45) is 2.40. The molecule has 2 rings (SSSR count). The molecular weight excluding hydrogens is 288 g/mol. The molecule has 0 bridgehead atoms. The molecule has 0 aromatic heterocycles. The van der Waals surface area contributed by atoms with Crippen molar-refractivity contribution in [2.24, 2.45) is 0 Å². The van der Waals surface area contributed by atoms with E-state index < -0.39 is 5.79 Å². The van der Waals surface area contributed by atoms with Crippen molar-refractivity contribution in [1.82, 2.24) is 0 Å². The molecule has 3 atom stereocenters. The van der Waals surface area contributed by atoms with Crippen LogP contribution >= 0.6 is 0 Å². The van der Waals surface area contributed by atoms with Gasteiger partial charge in [-0.3, -0.25) is 0 Å². The van der Waals surface area contributed by atoms with Crippen LogP contribution in [0.1, 0.15) is 33.6 Å². The fraction of sp³-hybridized carbons (Fsp3) is 1.00. The average Bonchev–Trinajstić information content (AvgIpc) is 3.22. The SMILES string of the molecule is CCCCOC(COCC1CO1)COCC1COC(C)(C)O1. The zero-order chi connectivity index (χ0) is 15.8. The van der Waals surface area contributed by atoms with E-state index >= 15 is 0 Å². The van der Waals surface area contributed by atoms with Crippen LogP contribution in [0.4, 0.5) is 0 Å². The minimum absolute atomic E-state index is 0.00734. The monoisotopic (exact) mass is 318 g/mol. The van der Waals surface area contributed by atoms with Crippen molar-refractivity contribution in [3.05, 3.63) is 0 Å². The minimum Gasteiger partial charge on any atom is -0.376 e. The van der Waals surface area contributed by atoms with Gasteiger partial charge in [0.2, 0.25) is 0 Å². The van der Waals surface area contributed by atoms with Crippen molar-refractivity contribution in [3.63, 3.8) is 0 Å². The van der Waals surface area contributed by atoms with E-state index in [1.165, 1.54) is 0 Å². The Bertz CT molecular complexity index is 305. The van der Waals surface area contributed by atoms with Crippen molar-refractivity contribution in [1.29, 1.82) is 0 Å². The second-order valence-corrected chi connectivity index (χ2v) is 6.33. The third-order valence-electron chi connectivity index (χ3n) is 3.54. The van der Waals surface area contributed by atoms with Crippen LogP contribution in [0.2, 0.25) is 0 Å². The molecule has 0 N–H and O–H groups in total. The van der Waals surface area contributed by atoms with Gasteiger partial charge in [-0.2, -0.15) is 0 Å². The summed E-state index contributed by atoms with van der Waals surface area (Å²) in [7, 11) is 0. The first-order chi connectivity index (χ1) is 10.6. The number of rotatable bonds is 12. The maximum atomic E-state index is 5.83. The molecule has 22 heavy (non-hydrogen) atoms. The Kier molecular flexibility index (Phi) is 7.53. The Labute approximate surface area is 133 Å². The predicted molar refractivity (Wildman–Crippen MR) is 80.9 cm³/mol. The van der Waals surface area contributed by atoms with Crippen LogP contribution in [0.15, 0.2) is 0 Å². The van der Waals surface area contributed by atoms with Gasteiger partial charge in [0.1, 0.15) is 18.3 Å². The second-order valence-electron chi connectivity index (χ2n) is 6.33. The number of unbranched alkanes of at least 4 members (excludes halogenated alkanes) is 1. The number of hydrogen-bond donors (Lipinski definition) is 0. The zero-order valence-corrected chi connectivity index (χ0v) is 14.0. The van der Waals surface area contributed by atoms with Crippen LogP contribution in [0, 0.1) is 0 Å². The number of epoxide rings is 1. The van der Waals surface area contributed by atoms with Crippen molar-refractivity contribution < 1.29 is 28.4 Å². The molecule has 0 aliphatic carbocycles. The highest BCUT2D eigenvalue weighted by Crippen LogP contribution is 2.22. The highest BCUT2D eigenvalue weighted by molar-refractivity contribution is 4.71. The molecule has 2 heterocycles. The molecule has 3 unspecified atom stereocenters. The van der Waals surface area contributed by atoms with Gasteiger partial charge in [-0.05, 0) is 20.3 Å². The summed E-state index contributed by atoms with van der Waals surface area (Å²) >= 11 is 0. The van der Waals surface area contributed by atoms with E-state index in [9.17, 15) is 0 Å². The van der Waals surface area contributed by atoms with Crippen LogP contribution in [0.25, 0.3) is 0 Å². The molecule has 0 aromatic rings. The molecule has 2 fully saturated rings.